The van der Waals surface area contributed by atoms with E-state index in [0.717, 1.165) is 10.5 Å². The van der Waals surface area contributed by atoms with E-state index in [1.807, 2.05) is 32.0 Å². The van der Waals surface area contributed by atoms with Gasteiger partial charge in [-0.15, -0.1) is 23.1 Å². The fraction of sp³-hybridized carbons (Fsp3) is 0.278. The molecule has 1 aromatic heterocycles. The van der Waals surface area contributed by atoms with Gasteiger partial charge in [0.15, 0.2) is 6.10 Å². The molecule has 0 saturated carbocycles. The summed E-state index contributed by atoms with van der Waals surface area (Å²) in [5.74, 6) is -0.785. The molecular formula is C18H18N2O3S2. The minimum atomic E-state index is -0.930. The number of ether oxygens (including phenoxy) is 1. The Kier molecular flexibility index (Phi) is 6.62. The molecule has 0 saturated heterocycles. The van der Waals surface area contributed by atoms with Crippen molar-refractivity contribution in [2.24, 2.45) is 0 Å². The van der Waals surface area contributed by atoms with Crippen molar-refractivity contribution in [3.05, 3.63) is 46.3 Å². The maximum Gasteiger partial charge on any atom is 0.317 e. The average Bonchev–Trinajstić information content (AvgIpc) is 3.01. The molecule has 1 N–H and O–H groups in total. The van der Waals surface area contributed by atoms with E-state index in [1.165, 1.54) is 35.6 Å². The standard InChI is InChI=1S/C18H18N2O3S2/c1-11-4-5-15(12(2)8-11)25-10-16(21)23-13(3)17(22)20-18-14(9-19)6-7-24-18/h4-8,13H,10H2,1-3H3,(H,20,22)/t13-/m0/s1. The summed E-state index contributed by atoms with van der Waals surface area (Å²) in [5.41, 5.74) is 2.66. The number of anilines is 1. The van der Waals surface area contributed by atoms with E-state index in [-0.39, 0.29) is 5.75 Å². The van der Waals surface area contributed by atoms with Crippen molar-refractivity contribution in [2.45, 2.75) is 31.8 Å². The van der Waals surface area contributed by atoms with Gasteiger partial charge in [-0.05, 0) is 43.8 Å². The van der Waals surface area contributed by atoms with E-state index >= 15 is 0 Å². The first-order valence-electron chi connectivity index (χ1n) is 7.58. The van der Waals surface area contributed by atoms with Gasteiger partial charge in [-0.3, -0.25) is 9.59 Å². The number of carbonyl (C=O) groups excluding carboxylic acids is 2. The number of amides is 1. The number of carbonyl (C=O) groups is 2. The highest BCUT2D eigenvalue weighted by atomic mass is 32.2. The van der Waals surface area contributed by atoms with Gasteiger partial charge in [-0.1, -0.05) is 17.7 Å². The molecule has 5 nitrogen and oxygen atoms in total. The van der Waals surface area contributed by atoms with Gasteiger partial charge < -0.3 is 10.1 Å². The number of rotatable bonds is 6. The van der Waals surface area contributed by atoms with Crippen LogP contribution in [-0.2, 0) is 14.3 Å². The Morgan fingerprint density at radius 2 is 2.12 bits per heavy atom. The predicted molar refractivity (Wildman–Crippen MR) is 99.9 cm³/mol. The highest BCUT2D eigenvalue weighted by Gasteiger charge is 2.19. The van der Waals surface area contributed by atoms with Crippen LogP contribution in [0.15, 0.2) is 34.5 Å². The highest BCUT2D eigenvalue weighted by molar-refractivity contribution is 8.00. The minimum absolute atomic E-state index is 0.129. The first-order chi connectivity index (χ1) is 11.9. The number of benzene rings is 1. The molecule has 0 unspecified atom stereocenters. The number of esters is 1. The topological polar surface area (TPSA) is 79.2 Å². The second-order valence-corrected chi connectivity index (χ2v) is 7.39. The van der Waals surface area contributed by atoms with Gasteiger partial charge in [0.2, 0.25) is 0 Å². The Balaban J connectivity index is 1.85. The van der Waals surface area contributed by atoms with Crippen molar-refractivity contribution in [3.8, 4) is 6.07 Å². The summed E-state index contributed by atoms with van der Waals surface area (Å²) in [6.07, 6.45) is -0.930. The number of hydrogen-bond acceptors (Lipinski definition) is 6. The summed E-state index contributed by atoms with van der Waals surface area (Å²) in [5, 5.41) is 13.7. The number of thiophene rings is 1. The normalized spacial score (nSPS) is 11.4. The number of nitrogens with zero attached hydrogens (tertiary/aromatic N) is 1. The molecule has 2 aromatic rings. The Bertz CT molecular complexity index is 824. The average molecular weight is 374 g/mol. The maximum atomic E-state index is 12.1. The number of hydrogen-bond donors (Lipinski definition) is 1. The monoisotopic (exact) mass is 374 g/mol. The van der Waals surface area contributed by atoms with Crippen LogP contribution < -0.4 is 5.32 Å². The van der Waals surface area contributed by atoms with Crippen LogP contribution in [-0.4, -0.2) is 23.7 Å². The summed E-state index contributed by atoms with van der Waals surface area (Å²) in [6, 6.07) is 9.63. The zero-order valence-corrected chi connectivity index (χ0v) is 15.8. The van der Waals surface area contributed by atoms with Gasteiger partial charge >= 0.3 is 5.97 Å². The summed E-state index contributed by atoms with van der Waals surface area (Å²) in [7, 11) is 0. The van der Waals surface area contributed by atoms with Crippen molar-refractivity contribution in [1.29, 1.82) is 5.26 Å². The van der Waals surface area contributed by atoms with Crippen LogP contribution in [0.1, 0.15) is 23.6 Å². The lowest BCUT2D eigenvalue weighted by Crippen LogP contribution is -2.30. The number of aryl methyl sites for hydroxylation is 2. The van der Waals surface area contributed by atoms with E-state index in [4.69, 9.17) is 10.00 Å². The first kappa shape index (κ1) is 19.0. The SMILES string of the molecule is Cc1ccc(SCC(=O)O[C@@H](C)C(=O)Nc2sccc2C#N)c(C)c1. The van der Waals surface area contributed by atoms with Crippen molar-refractivity contribution in [2.75, 3.05) is 11.1 Å². The number of nitriles is 1. The van der Waals surface area contributed by atoms with Crippen LogP contribution in [0, 0.1) is 25.2 Å². The van der Waals surface area contributed by atoms with Gasteiger partial charge in [0.1, 0.15) is 11.1 Å². The van der Waals surface area contributed by atoms with E-state index < -0.39 is 18.0 Å². The molecule has 7 heteroatoms. The fourth-order valence-corrected chi connectivity index (χ4v) is 3.62. The summed E-state index contributed by atoms with van der Waals surface area (Å²) in [4.78, 5) is 25.1. The van der Waals surface area contributed by atoms with Gasteiger partial charge in [0, 0.05) is 4.90 Å². The fourth-order valence-electron chi connectivity index (χ4n) is 2.09. The molecule has 0 aliphatic rings. The van der Waals surface area contributed by atoms with Crippen LogP contribution in [0.2, 0.25) is 0 Å². The van der Waals surface area contributed by atoms with Crippen molar-refractivity contribution < 1.29 is 14.3 Å². The Morgan fingerprint density at radius 1 is 1.36 bits per heavy atom. The molecule has 0 aliphatic heterocycles. The Labute approximate surface area is 155 Å². The quantitative estimate of drug-likeness (QED) is 0.613. The zero-order valence-electron chi connectivity index (χ0n) is 14.2. The van der Waals surface area contributed by atoms with Crippen molar-refractivity contribution in [3.63, 3.8) is 0 Å². The summed E-state index contributed by atoms with van der Waals surface area (Å²) >= 11 is 2.63. The van der Waals surface area contributed by atoms with Gasteiger partial charge in [0.05, 0.1) is 11.3 Å². The van der Waals surface area contributed by atoms with Crippen LogP contribution in [0.3, 0.4) is 0 Å². The van der Waals surface area contributed by atoms with Crippen LogP contribution in [0.25, 0.3) is 0 Å². The zero-order chi connectivity index (χ0) is 18.4. The lowest BCUT2D eigenvalue weighted by Gasteiger charge is -2.13. The third kappa shape index (κ3) is 5.34. The maximum absolute atomic E-state index is 12.1. The molecule has 0 spiro atoms. The van der Waals surface area contributed by atoms with Crippen LogP contribution >= 0.6 is 23.1 Å². The molecule has 0 radical (unpaired) electrons. The Morgan fingerprint density at radius 3 is 2.80 bits per heavy atom. The Hall–Kier alpha value is -2.30. The second kappa shape index (κ2) is 8.70. The third-order valence-electron chi connectivity index (χ3n) is 3.38. The highest BCUT2D eigenvalue weighted by Crippen LogP contribution is 2.24. The third-order valence-corrected chi connectivity index (χ3v) is 5.35. The van der Waals surface area contributed by atoms with E-state index in [9.17, 15) is 9.59 Å². The van der Waals surface area contributed by atoms with E-state index in [0.29, 0.717) is 10.6 Å². The predicted octanol–water partition coefficient (Wildman–Crippen LogP) is 3.90. The smallest absolute Gasteiger partial charge is 0.317 e. The van der Waals surface area contributed by atoms with Crippen molar-refractivity contribution >= 4 is 40.0 Å². The molecule has 0 fully saturated rings. The summed E-state index contributed by atoms with van der Waals surface area (Å²) in [6.45, 7) is 5.51. The molecule has 1 atom stereocenters. The molecule has 25 heavy (non-hydrogen) atoms. The largest absolute Gasteiger partial charge is 0.452 e. The van der Waals surface area contributed by atoms with E-state index in [1.54, 1.807) is 11.4 Å². The number of thioether (sulfide) groups is 1. The molecule has 1 aromatic carbocycles. The molecular weight excluding hydrogens is 356 g/mol. The van der Waals surface area contributed by atoms with E-state index in [2.05, 4.69) is 11.4 Å². The molecule has 1 heterocycles. The lowest BCUT2D eigenvalue weighted by molar-refractivity contribution is -0.150. The van der Waals surface area contributed by atoms with Gasteiger partial charge in [-0.25, -0.2) is 0 Å². The van der Waals surface area contributed by atoms with Gasteiger partial charge in [-0.2, -0.15) is 5.26 Å². The molecule has 1 amide bonds. The molecule has 0 bridgehead atoms. The number of nitrogens with one attached hydrogen (secondary N) is 1. The molecule has 130 valence electrons. The van der Waals surface area contributed by atoms with Crippen LogP contribution in [0.4, 0.5) is 5.00 Å². The second-order valence-electron chi connectivity index (χ2n) is 5.45. The van der Waals surface area contributed by atoms with Crippen LogP contribution in [0.5, 0.6) is 0 Å². The minimum Gasteiger partial charge on any atom is -0.452 e. The first-order valence-corrected chi connectivity index (χ1v) is 9.45. The summed E-state index contributed by atoms with van der Waals surface area (Å²) < 4.78 is 5.17. The molecule has 0 aliphatic carbocycles. The van der Waals surface area contributed by atoms with Crippen molar-refractivity contribution in [1.82, 2.24) is 0 Å². The van der Waals surface area contributed by atoms with Gasteiger partial charge in [0.25, 0.3) is 5.91 Å². The lowest BCUT2D eigenvalue weighted by atomic mass is 10.2. The molecule has 2 rings (SSSR count).